The first-order chi connectivity index (χ1) is 13.1. The van der Waals surface area contributed by atoms with Gasteiger partial charge >= 0.3 is 0 Å². The molecule has 1 aromatic carbocycles. The molecular weight excluding hydrogens is 342 g/mol. The van der Waals surface area contributed by atoms with Gasteiger partial charge in [0.15, 0.2) is 0 Å². The van der Waals surface area contributed by atoms with Crippen LogP contribution in [0.1, 0.15) is 35.8 Å². The van der Waals surface area contributed by atoms with Gasteiger partial charge in [0.05, 0.1) is 25.4 Å². The minimum Gasteiger partial charge on any atom is -0.385 e. The average Bonchev–Trinajstić information content (AvgIpc) is 3.32. The van der Waals surface area contributed by atoms with Crippen molar-refractivity contribution in [2.24, 2.45) is 5.92 Å². The molecule has 2 aromatic rings. The number of carbonyl (C=O) groups excluding carboxylic acids is 1. The number of H-pyrrole nitrogens is 1. The quantitative estimate of drug-likeness (QED) is 0.850. The molecule has 0 radical (unpaired) electrons. The molecule has 2 saturated heterocycles. The SMILES string of the molecule is CCc1ccc(-c2cc(C(=O)N3CC4(CC(CCOC)CO4)C3)[nH]n2)cc1. The number of rotatable bonds is 6. The lowest BCUT2D eigenvalue weighted by Gasteiger charge is -2.47. The van der Waals surface area contributed by atoms with E-state index in [4.69, 9.17) is 9.47 Å². The molecule has 3 heterocycles. The Bertz CT molecular complexity index is 793. The third kappa shape index (κ3) is 3.64. The highest BCUT2D eigenvalue weighted by Crippen LogP contribution is 2.39. The van der Waals surface area contributed by atoms with Gasteiger partial charge in [-0.05, 0) is 36.8 Å². The van der Waals surface area contributed by atoms with Crippen molar-refractivity contribution in [3.05, 3.63) is 41.6 Å². The normalized spacial score (nSPS) is 20.8. The van der Waals surface area contributed by atoms with Gasteiger partial charge in [0.2, 0.25) is 0 Å². The van der Waals surface area contributed by atoms with E-state index < -0.39 is 0 Å². The third-order valence-electron chi connectivity index (χ3n) is 5.73. The molecule has 2 aliphatic heterocycles. The van der Waals surface area contributed by atoms with Crippen LogP contribution in [-0.2, 0) is 15.9 Å². The van der Waals surface area contributed by atoms with Crippen molar-refractivity contribution in [3.8, 4) is 11.3 Å². The number of carbonyl (C=O) groups is 1. The van der Waals surface area contributed by atoms with Crippen LogP contribution in [0.5, 0.6) is 0 Å². The molecule has 2 aliphatic rings. The number of benzene rings is 1. The van der Waals surface area contributed by atoms with Crippen LogP contribution in [0.3, 0.4) is 0 Å². The van der Waals surface area contributed by atoms with E-state index in [1.54, 1.807) is 7.11 Å². The number of hydrogen-bond donors (Lipinski definition) is 1. The number of ether oxygens (including phenoxy) is 2. The summed E-state index contributed by atoms with van der Waals surface area (Å²) >= 11 is 0. The first-order valence-electron chi connectivity index (χ1n) is 9.69. The van der Waals surface area contributed by atoms with Gasteiger partial charge in [-0.3, -0.25) is 9.89 Å². The number of aromatic amines is 1. The summed E-state index contributed by atoms with van der Waals surface area (Å²) < 4.78 is 11.2. The summed E-state index contributed by atoms with van der Waals surface area (Å²) in [4.78, 5) is 14.6. The third-order valence-corrected chi connectivity index (χ3v) is 5.73. The Kier molecular flexibility index (Phi) is 5.02. The van der Waals surface area contributed by atoms with E-state index in [0.29, 0.717) is 24.7 Å². The minimum absolute atomic E-state index is 0.00602. The summed E-state index contributed by atoms with van der Waals surface area (Å²) in [6, 6.07) is 10.1. The molecule has 2 fully saturated rings. The zero-order chi connectivity index (χ0) is 18.9. The van der Waals surface area contributed by atoms with Crippen LogP contribution < -0.4 is 0 Å². The topological polar surface area (TPSA) is 67.5 Å². The average molecular weight is 369 g/mol. The molecular formula is C21H27N3O3. The fourth-order valence-corrected chi connectivity index (χ4v) is 4.08. The standard InChI is InChI=1S/C21H27N3O3/c1-3-15-4-6-17(7-5-15)18-10-19(23-22-18)20(25)24-13-21(14-24)11-16(12-27-21)8-9-26-2/h4-7,10,16H,3,8-9,11-14H2,1-2H3,(H,22,23). The van der Waals surface area contributed by atoms with Gasteiger partial charge in [-0.25, -0.2) is 0 Å². The highest BCUT2D eigenvalue weighted by atomic mass is 16.5. The maximum Gasteiger partial charge on any atom is 0.272 e. The van der Waals surface area contributed by atoms with Crippen LogP contribution in [0, 0.1) is 5.92 Å². The van der Waals surface area contributed by atoms with Gasteiger partial charge in [-0.15, -0.1) is 0 Å². The fraction of sp³-hybridized carbons (Fsp3) is 0.524. The van der Waals surface area contributed by atoms with Crippen molar-refractivity contribution in [2.75, 3.05) is 33.4 Å². The van der Waals surface area contributed by atoms with Gasteiger partial charge < -0.3 is 14.4 Å². The maximum atomic E-state index is 12.7. The summed E-state index contributed by atoms with van der Waals surface area (Å²) in [5, 5.41) is 7.22. The van der Waals surface area contributed by atoms with E-state index in [1.165, 1.54) is 5.56 Å². The molecule has 1 N–H and O–H groups in total. The first-order valence-corrected chi connectivity index (χ1v) is 9.69. The Morgan fingerprint density at radius 2 is 2.15 bits per heavy atom. The molecule has 27 heavy (non-hydrogen) atoms. The van der Waals surface area contributed by atoms with E-state index in [1.807, 2.05) is 11.0 Å². The highest BCUT2D eigenvalue weighted by molar-refractivity contribution is 5.94. The van der Waals surface area contributed by atoms with Crippen molar-refractivity contribution in [3.63, 3.8) is 0 Å². The van der Waals surface area contributed by atoms with E-state index in [9.17, 15) is 4.79 Å². The Morgan fingerprint density at radius 1 is 1.37 bits per heavy atom. The van der Waals surface area contributed by atoms with Gasteiger partial charge in [0.1, 0.15) is 11.3 Å². The van der Waals surface area contributed by atoms with Crippen LogP contribution in [0.25, 0.3) is 11.3 Å². The molecule has 0 aliphatic carbocycles. The monoisotopic (exact) mass is 369 g/mol. The van der Waals surface area contributed by atoms with Crippen molar-refractivity contribution in [2.45, 2.75) is 31.8 Å². The summed E-state index contributed by atoms with van der Waals surface area (Å²) in [6.07, 6.45) is 3.04. The molecule has 1 aromatic heterocycles. The number of likely N-dealkylation sites (tertiary alicyclic amines) is 1. The summed E-state index contributed by atoms with van der Waals surface area (Å²) in [5.74, 6) is 0.528. The second-order valence-corrected chi connectivity index (χ2v) is 7.72. The Morgan fingerprint density at radius 3 is 2.85 bits per heavy atom. The number of hydrogen-bond acceptors (Lipinski definition) is 4. The maximum absolute atomic E-state index is 12.7. The lowest BCUT2D eigenvalue weighted by atomic mass is 9.86. The van der Waals surface area contributed by atoms with E-state index >= 15 is 0 Å². The van der Waals surface area contributed by atoms with Crippen LogP contribution in [-0.4, -0.2) is 60.0 Å². The molecule has 6 heteroatoms. The molecule has 144 valence electrons. The summed E-state index contributed by atoms with van der Waals surface area (Å²) in [7, 11) is 1.73. The highest BCUT2D eigenvalue weighted by Gasteiger charge is 2.51. The first kappa shape index (κ1) is 18.2. The number of nitrogens with one attached hydrogen (secondary N) is 1. The number of methoxy groups -OCH3 is 1. The van der Waals surface area contributed by atoms with Crippen LogP contribution in [0.4, 0.5) is 0 Å². The van der Waals surface area contributed by atoms with Gasteiger partial charge in [-0.1, -0.05) is 31.2 Å². The van der Waals surface area contributed by atoms with E-state index in [0.717, 1.165) is 43.7 Å². The second kappa shape index (κ2) is 7.44. The Balaban J connectivity index is 1.35. The number of aromatic nitrogens is 2. The number of amides is 1. The fourth-order valence-electron chi connectivity index (χ4n) is 4.08. The zero-order valence-corrected chi connectivity index (χ0v) is 16.0. The van der Waals surface area contributed by atoms with Crippen molar-refractivity contribution in [1.29, 1.82) is 0 Å². The van der Waals surface area contributed by atoms with Crippen molar-refractivity contribution >= 4 is 5.91 Å². The van der Waals surface area contributed by atoms with Gasteiger partial charge in [0, 0.05) is 19.3 Å². The van der Waals surface area contributed by atoms with Crippen LogP contribution in [0.2, 0.25) is 0 Å². The molecule has 1 unspecified atom stereocenters. The van der Waals surface area contributed by atoms with Gasteiger partial charge in [-0.2, -0.15) is 5.10 Å². The molecule has 1 atom stereocenters. The van der Waals surface area contributed by atoms with Crippen LogP contribution >= 0.6 is 0 Å². The van der Waals surface area contributed by atoms with Gasteiger partial charge in [0.25, 0.3) is 5.91 Å². The van der Waals surface area contributed by atoms with Crippen molar-refractivity contribution < 1.29 is 14.3 Å². The molecule has 1 spiro atoms. The summed E-state index contributed by atoms with van der Waals surface area (Å²) in [6.45, 7) is 4.99. The number of nitrogens with zero attached hydrogens (tertiary/aromatic N) is 2. The van der Waals surface area contributed by atoms with E-state index in [-0.39, 0.29) is 11.5 Å². The summed E-state index contributed by atoms with van der Waals surface area (Å²) in [5.41, 5.74) is 3.49. The smallest absolute Gasteiger partial charge is 0.272 e. The van der Waals surface area contributed by atoms with Crippen molar-refractivity contribution in [1.82, 2.24) is 15.1 Å². The Labute approximate surface area is 159 Å². The second-order valence-electron chi connectivity index (χ2n) is 7.72. The minimum atomic E-state index is -0.146. The lowest BCUT2D eigenvalue weighted by Crippen LogP contribution is -2.63. The molecule has 1 amide bonds. The molecule has 0 saturated carbocycles. The van der Waals surface area contributed by atoms with E-state index in [2.05, 4.69) is 41.4 Å². The lowest BCUT2D eigenvalue weighted by molar-refractivity contribution is -0.0952. The molecule has 4 rings (SSSR count). The zero-order valence-electron chi connectivity index (χ0n) is 16.0. The largest absolute Gasteiger partial charge is 0.385 e. The van der Waals surface area contributed by atoms with Crippen LogP contribution in [0.15, 0.2) is 30.3 Å². The Hall–Kier alpha value is -2.18. The molecule has 0 bridgehead atoms. The predicted molar refractivity (Wildman–Crippen MR) is 103 cm³/mol. The predicted octanol–water partition coefficient (Wildman–Crippen LogP) is 2.91. The molecule has 6 nitrogen and oxygen atoms in total. The number of aryl methyl sites for hydroxylation is 1.